The number of benzene rings is 2. The van der Waals surface area contributed by atoms with Crippen LogP contribution < -0.4 is 26.7 Å². The molecule has 1 fully saturated rings. The lowest BCUT2D eigenvalue weighted by Gasteiger charge is -2.31. The van der Waals surface area contributed by atoms with E-state index in [-0.39, 0.29) is 73.7 Å². The third-order valence-corrected chi connectivity index (χ3v) is 11.2. The van der Waals surface area contributed by atoms with Gasteiger partial charge in [-0.3, -0.25) is 14.4 Å². The lowest BCUT2D eigenvalue weighted by atomic mass is 9.97. The van der Waals surface area contributed by atoms with Gasteiger partial charge in [0.1, 0.15) is 18.5 Å². The minimum absolute atomic E-state index is 0.0247. The second-order valence-corrected chi connectivity index (χ2v) is 16.4. The number of carbonyl (C=O) groups is 5. The standard InChI is InChI=1S/C45H54N6O13/c1-23(2)40(46)42(56)47-18-38(55)48-33-11-10-25(14-36(33)63-39-16-26(53)15-37(64-39)44(58)59)21-62-45(60)50(24(3)4)13-12-27-28-8-6-7-9-32(28)49-41-30(27)19-51-34(41)17-29(35(54)20-52)31(22-61-5)43(51)57/h6-11,14,17,20,23-24,26,35,37,39-40,53-54H,12-13,15-16,18-19,21-22,46H2,1-5H3,(H,47,56)(H,48,55)(H,58,59). The van der Waals surface area contributed by atoms with E-state index in [1.54, 1.807) is 35.4 Å². The zero-order chi connectivity index (χ0) is 46.4. The zero-order valence-corrected chi connectivity index (χ0v) is 36.2. The van der Waals surface area contributed by atoms with E-state index in [9.17, 15) is 44.1 Å². The first kappa shape index (κ1) is 47.2. The number of hydrogen-bond donors (Lipinski definition) is 6. The highest BCUT2D eigenvalue weighted by Crippen LogP contribution is 2.37. The maximum absolute atomic E-state index is 13.8. The van der Waals surface area contributed by atoms with Crippen LogP contribution in [-0.4, -0.2) is 111 Å². The first-order chi connectivity index (χ1) is 30.5. The fraction of sp³-hybridized carbons (Fsp3) is 0.444. The van der Waals surface area contributed by atoms with Crippen LogP contribution in [0.5, 0.6) is 5.75 Å². The molecule has 4 heterocycles. The molecule has 342 valence electrons. The molecule has 2 aromatic carbocycles. The van der Waals surface area contributed by atoms with Gasteiger partial charge < -0.3 is 64.9 Å². The monoisotopic (exact) mass is 886 g/mol. The van der Waals surface area contributed by atoms with Crippen LogP contribution in [0.3, 0.4) is 0 Å². The van der Waals surface area contributed by atoms with Gasteiger partial charge in [0.15, 0.2) is 12.4 Å². The van der Waals surface area contributed by atoms with Crippen LogP contribution in [0, 0.1) is 5.92 Å². The van der Waals surface area contributed by atoms with E-state index in [2.05, 4.69) is 10.6 Å². The van der Waals surface area contributed by atoms with Crippen molar-refractivity contribution in [3.8, 4) is 17.1 Å². The molecule has 1 saturated heterocycles. The number of rotatable bonds is 18. The number of nitrogens with two attached hydrogens (primary N) is 1. The highest BCUT2D eigenvalue weighted by molar-refractivity contribution is 5.96. The van der Waals surface area contributed by atoms with Crippen molar-refractivity contribution in [1.29, 1.82) is 0 Å². The summed E-state index contributed by atoms with van der Waals surface area (Å²) in [5.74, 6) is -2.55. The molecule has 5 atom stereocenters. The van der Waals surface area contributed by atoms with Gasteiger partial charge >= 0.3 is 12.1 Å². The molecular formula is C45H54N6O13. The van der Waals surface area contributed by atoms with Crippen molar-refractivity contribution >= 4 is 46.8 Å². The molecular weight excluding hydrogens is 833 g/mol. The Morgan fingerprint density at radius 1 is 1.06 bits per heavy atom. The van der Waals surface area contributed by atoms with Gasteiger partial charge in [-0.2, -0.15) is 0 Å². The molecule has 2 aliphatic heterocycles. The number of aromatic nitrogens is 2. The summed E-state index contributed by atoms with van der Waals surface area (Å²) >= 11 is 0. The SMILES string of the molecule is COCc1c(C(O)C=O)cc2n(c1=O)Cc1c-2nc2ccccc2c1CCN(C(=O)OCc1ccc(NC(=O)CNC(=O)C(N)C(C)C)c(OC2CC(O)CC(C(=O)O)O2)c1)C(C)C. The number of carbonyl (C=O) groups excluding carboxylic acids is 4. The maximum Gasteiger partial charge on any atom is 0.410 e. The van der Waals surface area contributed by atoms with E-state index >= 15 is 0 Å². The number of carboxylic acids is 1. The quantitative estimate of drug-likeness (QED) is 0.0691. The molecule has 19 heteroatoms. The molecule has 2 aromatic heterocycles. The van der Waals surface area contributed by atoms with E-state index in [0.717, 1.165) is 16.5 Å². The summed E-state index contributed by atoms with van der Waals surface area (Å²) in [5.41, 5.74) is 9.60. The Labute approximate surface area is 368 Å². The molecule has 3 amide bonds. The van der Waals surface area contributed by atoms with Gasteiger partial charge in [0, 0.05) is 54.6 Å². The number of aliphatic hydroxyl groups excluding tert-OH is 2. The van der Waals surface area contributed by atoms with Gasteiger partial charge in [0.25, 0.3) is 5.56 Å². The molecule has 64 heavy (non-hydrogen) atoms. The van der Waals surface area contributed by atoms with Gasteiger partial charge in [-0.15, -0.1) is 0 Å². The smallest absolute Gasteiger partial charge is 0.410 e. The summed E-state index contributed by atoms with van der Waals surface area (Å²) < 4.78 is 24.2. The molecule has 2 aliphatic rings. The average Bonchev–Trinajstić information content (AvgIpc) is 3.63. The summed E-state index contributed by atoms with van der Waals surface area (Å²) in [5, 5.41) is 36.5. The number of aliphatic carboxylic acids is 1. The molecule has 19 nitrogen and oxygen atoms in total. The predicted octanol–water partition coefficient (Wildman–Crippen LogP) is 2.76. The summed E-state index contributed by atoms with van der Waals surface area (Å²) in [6.07, 6.45) is -5.29. The van der Waals surface area contributed by atoms with Crippen LogP contribution in [0.25, 0.3) is 22.3 Å². The average molecular weight is 887 g/mol. The number of amides is 3. The molecule has 0 spiro atoms. The number of aliphatic hydroxyl groups is 2. The number of aldehydes is 1. The number of nitrogens with one attached hydrogen (secondary N) is 2. The number of pyridine rings is 2. The van der Waals surface area contributed by atoms with E-state index < -0.39 is 66.6 Å². The van der Waals surface area contributed by atoms with Crippen LogP contribution in [0.15, 0.2) is 53.3 Å². The number of para-hydroxylation sites is 1. The molecule has 0 saturated carbocycles. The third kappa shape index (κ3) is 10.6. The number of fused-ring (bicyclic) bond motifs is 4. The van der Waals surface area contributed by atoms with E-state index in [4.69, 9.17) is 29.7 Å². The van der Waals surface area contributed by atoms with Crippen LogP contribution in [0.1, 0.15) is 74.5 Å². The second kappa shape index (κ2) is 20.5. The van der Waals surface area contributed by atoms with Gasteiger partial charge in [0.2, 0.25) is 18.1 Å². The minimum Gasteiger partial charge on any atom is -0.479 e. The summed E-state index contributed by atoms with van der Waals surface area (Å²) in [6.45, 7) is 6.84. The Bertz CT molecular complexity index is 2470. The number of methoxy groups -OCH3 is 1. The molecule has 5 unspecified atom stereocenters. The Kier molecular flexibility index (Phi) is 15.1. The predicted molar refractivity (Wildman–Crippen MR) is 231 cm³/mol. The largest absolute Gasteiger partial charge is 0.479 e. The van der Waals surface area contributed by atoms with Crippen molar-refractivity contribution in [2.75, 3.05) is 25.5 Å². The number of anilines is 1. The first-order valence-electron chi connectivity index (χ1n) is 20.9. The Hall–Kier alpha value is -6.25. The highest BCUT2D eigenvalue weighted by Gasteiger charge is 2.35. The van der Waals surface area contributed by atoms with Crippen molar-refractivity contribution in [3.05, 3.63) is 86.7 Å². The summed E-state index contributed by atoms with van der Waals surface area (Å²) in [4.78, 5) is 82.8. The topological polar surface area (TPSA) is 271 Å². The van der Waals surface area contributed by atoms with Crippen LogP contribution >= 0.6 is 0 Å². The fourth-order valence-corrected chi connectivity index (χ4v) is 7.73. The number of hydrogen-bond acceptors (Lipinski definition) is 14. The minimum atomic E-state index is -1.54. The van der Waals surface area contributed by atoms with Crippen LogP contribution in [0.2, 0.25) is 0 Å². The van der Waals surface area contributed by atoms with Crippen LogP contribution in [0.4, 0.5) is 10.5 Å². The van der Waals surface area contributed by atoms with E-state index in [1.165, 1.54) is 19.2 Å². The third-order valence-electron chi connectivity index (χ3n) is 11.2. The number of ether oxygens (including phenoxy) is 4. The van der Waals surface area contributed by atoms with Crippen molar-refractivity contribution in [1.82, 2.24) is 19.8 Å². The van der Waals surface area contributed by atoms with Gasteiger partial charge in [-0.25, -0.2) is 14.6 Å². The van der Waals surface area contributed by atoms with E-state index in [1.807, 2.05) is 38.1 Å². The number of carboxylic acid groups (broad SMARTS) is 1. The van der Waals surface area contributed by atoms with Gasteiger partial charge in [-0.05, 0) is 61.6 Å². The second-order valence-electron chi connectivity index (χ2n) is 16.4. The normalized spacial score (nSPS) is 17.6. The van der Waals surface area contributed by atoms with E-state index in [0.29, 0.717) is 35.2 Å². The molecule has 4 aromatic rings. The zero-order valence-electron chi connectivity index (χ0n) is 36.2. The summed E-state index contributed by atoms with van der Waals surface area (Å²) in [6, 6.07) is 12.5. The van der Waals surface area contributed by atoms with Crippen molar-refractivity contribution in [3.63, 3.8) is 0 Å². The molecule has 6 rings (SSSR count). The van der Waals surface area contributed by atoms with Crippen LogP contribution in [-0.2, 0) is 59.6 Å². The number of nitrogens with zero attached hydrogens (tertiary/aromatic N) is 3. The fourth-order valence-electron chi connectivity index (χ4n) is 7.73. The Balaban J connectivity index is 1.22. The Morgan fingerprint density at radius 3 is 2.50 bits per heavy atom. The van der Waals surface area contributed by atoms with Crippen molar-refractivity contribution < 1.29 is 58.2 Å². The molecule has 0 radical (unpaired) electrons. The molecule has 0 aliphatic carbocycles. The molecule has 7 N–H and O–H groups in total. The first-order valence-corrected chi connectivity index (χ1v) is 20.9. The lowest BCUT2D eigenvalue weighted by Crippen LogP contribution is -2.46. The maximum atomic E-state index is 13.8. The Morgan fingerprint density at radius 2 is 1.81 bits per heavy atom. The van der Waals surface area contributed by atoms with Crippen molar-refractivity contribution in [2.24, 2.45) is 11.7 Å². The molecule has 0 bridgehead atoms. The summed E-state index contributed by atoms with van der Waals surface area (Å²) in [7, 11) is 1.42. The highest BCUT2D eigenvalue weighted by atomic mass is 16.7. The van der Waals surface area contributed by atoms with Gasteiger partial charge in [0.05, 0.1) is 54.4 Å². The van der Waals surface area contributed by atoms with Gasteiger partial charge in [-0.1, -0.05) is 38.1 Å². The lowest BCUT2D eigenvalue weighted by molar-refractivity contribution is -0.195. The van der Waals surface area contributed by atoms with Crippen molar-refractivity contribution in [2.45, 2.75) is 103 Å².